The number of fused-ring (bicyclic) bond motifs is 1. The van der Waals surface area contributed by atoms with Crippen molar-refractivity contribution in [3.05, 3.63) is 62.5 Å². The minimum Gasteiger partial charge on any atom is -0.459 e. The van der Waals surface area contributed by atoms with E-state index in [1.807, 2.05) is 44.4 Å². The molecule has 0 unspecified atom stereocenters. The van der Waals surface area contributed by atoms with Crippen molar-refractivity contribution in [3.63, 3.8) is 0 Å². The summed E-state index contributed by atoms with van der Waals surface area (Å²) in [5, 5.41) is 1.85. The number of hydrogen-bond acceptors (Lipinski definition) is 6. The molecule has 3 aromatic rings. The smallest absolute Gasteiger partial charge is 0.311 e. The minimum atomic E-state index is -0.531. The second kappa shape index (κ2) is 7.44. The van der Waals surface area contributed by atoms with Crippen LogP contribution in [0.5, 0.6) is 0 Å². The Labute approximate surface area is 171 Å². The number of anilines is 1. The molecular weight excluding hydrogens is 390 g/mol. The molecule has 3 heterocycles. The average Bonchev–Trinajstić information content (AvgIpc) is 3.25. The Hall–Kier alpha value is -3.00. The van der Waals surface area contributed by atoms with Crippen molar-refractivity contribution < 1.29 is 14.3 Å². The van der Waals surface area contributed by atoms with Crippen LogP contribution in [0.15, 0.2) is 34.4 Å². The van der Waals surface area contributed by atoms with Gasteiger partial charge in [0.15, 0.2) is 4.96 Å². The molecule has 1 aromatic carbocycles. The number of hydrogen-bond donors (Lipinski definition) is 0. The van der Waals surface area contributed by atoms with Gasteiger partial charge in [0, 0.05) is 35.8 Å². The van der Waals surface area contributed by atoms with E-state index in [-0.39, 0.29) is 24.5 Å². The Bertz CT molecular complexity index is 1180. The Morgan fingerprint density at radius 2 is 2.07 bits per heavy atom. The van der Waals surface area contributed by atoms with Crippen LogP contribution in [0, 0.1) is 26.7 Å². The summed E-state index contributed by atoms with van der Waals surface area (Å²) >= 11 is 1.36. The first kappa shape index (κ1) is 19.3. The van der Waals surface area contributed by atoms with Crippen molar-refractivity contribution in [3.8, 4) is 0 Å². The summed E-state index contributed by atoms with van der Waals surface area (Å²) in [5.74, 6) is -1.07. The molecule has 2 aromatic heterocycles. The van der Waals surface area contributed by atoms with Crippen LogP contribution in [0.4, 0.5) is 5.69 Å². The zero-order valence-electron chi connectivity index (χ0n) is 16.5. The standard InChI is InChI=1S/C21H21N3O4S/c1-12-5-4-6-17(14(12)3)23-9-15(7-18(23)25)20(27)28-10-16-8-19(26)24-13(2)11-29-21(24)22-16/h4-6,8,11,15H,7,9-10H2,1-3H3/t15-/m1/s1. The zero-order chi connectivity index (χ0) is 20.7. The number of thiazole rings is 1. The summed E-state index contributed by atoms with van der Waals surface area (Å²) in [6.07, 6.45) is 0.117. The van der Waals surface area contributed by atoms with Crippen molar-refractivity contribution in [2.75, 3.05) is 11.4 Å². The van der Waals surface area contributed by atoms with Crippen molar-refractivity contribution in [1.82, 2.24) is 9.38 Å². The molecule has 1 aliphatic heterocycles. The van der Waals surface area contributed by atoms with Gasteiger partial charge in [-0.05, 0) is 38.0 Å². The van der Waals surface area contributed by atoms with E-state index < -0.39 is 11.9 Å². The number of carbonyl (C=O) groups excluding carboxylic acids is 2. The number of rotatable bonds is 4. The number of amides is 1. The van der Waals surface area contributed by atoms with Crippen LogP contribution in [0.3, 0.4) is 0 Å². The Balaban J connectivity index is 1.45. The van der Waals surface area contributed by atoms with Crippen LogP contribution in [0.2, 0.25) is 0 Å². The fourth-order valence-corrected chi connectivity index (χ4v) is 4.45. The van der Waals surface area contributed by atoms with Gasteiger partial charge in [-0.2, -0.15) is 0 Å². The summed E-state index contributed by atoms with van der Waals surface area (Å²) in [6.45, 7) is 6.00. The second-order valence-corrected chi connectivity index (χ2v) is 8.15. The fraction of sp³-hybridized carbons (Fsp3) is 0.333. The summed E-state index contributed by atoms with van der Waals surface area (Å²) in [7, 11) is 0. The van der Waals surface area contributed by atoms with Gasteiger partial charge in [0.25, 0.3) is 5.56 Å². The molecule has 4 rings (SSSR count). The van der Waals surface area contributed by atoms with Crippen LogP contribution >= 0.6 is 11.3 Å². The monoisotopic (exact) mass is 411 g/mol. The molecule has 0 aliphatic carbocycles. The number of aromatic nitrogens is 2. The van der Waals surface area contributed by atoms with Gasteiger partial charge in [0.1, 0.15) is 6.61 Å². The number of esters is 1. The molecule has 8 heteroatoms. The SMILES string of the molecule is Cc1cccc(N2C[C@H](C(=O)OCc3cc(=O)n4c(C)csc4n3)CC2=O)c1C. The molecule has 29 heavy (non-hydrogen) atoms. The highest BCUT2D eigenvalue weighted by Crippen LogP contribution is 2.30. The normalized spacial score (nSPS) is 16.6. The van der Waals surface area contributed by atoms with Gasteiger partial charge in [-0.15, -0.1) is 11.3 Å². The van der Waals surface area contributed by atoms with Gasteiger partial charge in [-0.25, -0.2) is 4.98 Å². The zero-order valence-corrected chi connectivity index (χ0v) is 17.3. The maximum atomic E-state index is 12.5. The van der Waals surface area contributed by atoms with Gasteiger partial charge < -0.3 is 9.64 Å². The predicted molar refractivity (Wildman–Crippen MR) is 110 cm³/mol. The third-order valence-electron chi connectivity index (χ3n) is 5.32. The summed E-state index contributed by atoms with van der Waals surface area (Å²) < 4.78 is 6.91. The number of ether oxygens (including phenoxy) is 1. The molecule has 0 radical (unpaired) electrons. The van der Waals surface area contributed by atoms with E-state index in [9.17, 15) is 14.4 Å². The van der Waals surface area contributed by atoms with E-state index in [1.165, 1.54) is 21.8 Å². The first-order valence-electron chi connectivity index (χ1n) is 9.35. The molecule has 0 N–H and O–H groups in total. The third-order valence-corrected chi connectivity index (χ3v) is 6.26. The molecule has 7 nitrogen and oxygen atoms in total. The average molecular weight is 411 g/mol. The van der Waals surface area contributed by atoms with Crippen molar-refractivity contribution in [2.45, 2.75) is 33.8 Å². The minimum absolute atomic E-state index is 0.0876. The molecule has 1 amide bonds. The lowest BCUT2D eigenvalue weighted by Crippen LogP contribution is -2.27. The van der Waals surface area contributed by atoms with E-state index in [1.54, 1.807) is 4.90 Å². The van der Waals surface area contributed by atoms with Gasteiger partial charge in [0.05, 0.1) is 11.6 Å². The van der Waals surface area contributed by atoms with Crippen LogP contribution in [0.25, 0.3) is 4.96 Å². The van der Waals surface area contributed by atoms with E-state index in [2.05, 4.69) is 4.98 Å². The maximum Gasteiger partial charge on any atom is 0.311 e. The predicted octanol–water partition coefficient (Wildman–Crippen LogP) is 2.78. The lowest BCUT2D eigenvalue weighted by Gasteiger charge is -2.20. The maximum absolute atomic E-state index is 12.5. The lowest BCUT2D eigenvalue weighted by atomic mass is 10.1. The van der Waals surface area contributed by atoms with E-state index in [0.717, 1.165) is 22.5 Å². The highest BCUT2D eigenvalue weighted by atomic mass is 32.1. The van der Waals surface area contributed by atoms with Crippen molar-refractivity contribution in [1.29, 1.82) is 0 Å². The number of benzene rings is 1. The Morgan fingerprint density at radius 3 is 2.86 bits per heavy atom. The number of carbonyl (C=O) groups is 2. The third kappa shape index (κ3) is 3.55. The molecule has 0 spiro atoms. The fourth-order valence-electron chi connectivity index (χ4n) is 3.56. The second-order valence-electron chi connectivity index (χ2n) is 7.31. The van der Waals surface area contributed by atoms with E-state index in [0.29, 0.717) is 17.2 Å². The van der Waals surface area contributed by atoms with E-state index >= 15 is 0 Å². The van der Waals surface area contributed by atoms with Gasteiger partial charge in [0.2, 0.25) is 5.91 Å². The van der Waals surface area contributed by atoms with Gasteiger partial charge >= 0.3 is 5.97 Å². The summed E-state index contributed by atoms with van der Waals surface area (Å²) in [6, 6.07) is 7.17. The Kier molecular flexibility index (Phi) is 4.96. The number of nitrogens with zero attached hydrogens (tertiary/aromatic N) is 3. The number of aryl methyl sites for hydroxylation is 2. The molecular formula is C21H21N3O4S. The van der Waals surface area contributed by atoms with Crippen molar-refractivity contribution >= 4 is 33.9 Å². The lowest BCUT2D eigenvalue weighted by molar-refractivity contribution is -0.149. The first-order chi connectivity index (χ1) is 13.8. The Morgan fingerprint density at radius 1 is 1.28 bits per heavy atom. The topological polar surface area (TPSA) is 81.0 Å². The van der Waals surface area contributed by atoms with Crippen LogP contribution in [-0.2, 0) is 20.9 Å². The molecule has 1 aliphatic rings. The molecule has 0 bridgehead atoms. The molecule has 1 saturated heterocycles. The quantitative estimate of drug-likeness (QED) is 0.617. The summed E-state index contributed by atoms with van der Waals surface area (Å²) in [4.78, 5) is 43.8. The van der Waals surface area contributed by atoms with Crippen molar-refractivity contribution in [2.24, 2.45) is 5.92 Å². The van der Waals surface area contributed by atoms with Gasteiger partial charge in [-0.3, -0.25) is 18.8 Å². The van der Waals surface area contributed by atoms with E-state index in [4.69, 9.17) is 4.74 Å². The largest absolute Gasteiger partial charge is 0.459 e. The molecule has 1 fully saturated rings. The first-order valence-corrected chi connectivity index (χ1v) is 10.2. The molecule has 150 valence electrons. The molecule has 0 saturated carbocycles. The highest BCUT2D eigenvalue weighted by Gasteiger charge is 2.36. The molecule has 1 atom stereocenters. The van der Waals surface area contributed by atoms with Crippen LogP contribution in [-0.4, -0.2) is 27.8 Å². The van der Waals surface area contributed by atoms with Gasteiger partial charge in [-0.1, -0.05) is 12.1 Å². The van der Waals surface area contributed by atoms with Crippen LogP contribution < -0.4 is 10.5 Å². The summed E-state index contributed by atoms with van der Waals surface area (Å²) in [5.41, 5.74) is 3.98. The highest BCUT2D eigenvalue weighted by molar-refractivity contribution is 7.15. The van der Waals surface area contributed by atoms with Crippen LogP contribution in [0.1, 0.15) is 28.9 Å².